The maximum Gasteiger partial charge on any atom is 0.187 e. The minimum absolute atomic E-state index is 0.183. The third-order valence-electron chi connectivity index (χ3n) is 3.90. The Bertz CT molecular complexity index is 1080. The Labute approximate surface area is 141 Å². The van der Waals surface area contributed by atoms with Crippen LogP contribution >= 0.6 is 11.3 Å². The van der Waals surface area contributed by atoms with Gasteiger partial charge in [-0.05, 0) is 23.6 Å². The van der Waals surface area contributed by atoms with Gasteiger partial charge in [0.2, 0.25) is 0 Å². The molecule has 0 bridgehead atoms. The second kappa shape index (κ2) is 5.38. The van der Waals surface area contributed by atoms with Crippen LogP contribution in [0, 0.1) is 0 Å². The number of nitrogens with zero attached hydrogens (tertiary/aromatic N) is 3. The fourth-order valence-electron chi connectivity index (χ4n) is 2.66. The number of thiophene rings is 1. The molecule has 0 atom stereocenters. The van der Waals surface area contributed by atoms with Gasteiger partial charge in [-0.2, -0.15) is 5.10 Å². The van der Waals surface area contributed by atoms with Crippen LogP contribution in [0.25, 0.3) is 31.7 Å². The summed E-state index contributed by atoms with van der Waals surface area (Å²) in [5.41, 5.74) is 8.21. The molecule has 4 rings (SSSR count). The van der Waals surface area contributed by atoms with E-state index in [1.165, 1.54) is 0 Å². The highest BCUT2D eigenvalue weighted by atomic mass is 32.1. The van der Waals surface area contributed by atoms with Crippen LogP contribution in [0.3, 0.4) is 0 Å². The molecule has 0 aliphatic carbocycles. The largest absolute Gasteiger partial charge is 0.383 e. The molecule has 120 valence electrons. The highest BCUT2D eigenvalue weighted by Gasteiger charge is 2.17. The van der Waals surface area contributed by atoms with E-state index in [0.29, 0.717) is 22.9 Å². The number of aromatic amines is 1. The average Bonchev–Trinajstić information content (AvgIpc) is 3.17. The first-order valence-electron chi connectivity index (χ1n) is 7.57. The zero-order valence-corrected chi connectivity index (χ0v) is 14.0. The SMILES string of the molecule is CC(C)c1nc(N)c2c(-c3cc4cc(C=O)ccc4s3)[nH]nc2n1. The van der Waals surface area contributed by atoms with Gasteiger partial charge in [-0.15, -0.1) is 11.3 Å². The van der Waals surface area contributed by atoms with Crippen LogP contribution in [0.4, 0.5) is 5.82 Å². The predicted molar refractivity (Wildman–Crippen MR) is 96.4 cm³/mol. The van der Waals surface area contributed by atoms with Crippen molar-refractivity contribution in [2.75, 3.05) is 5.73 Å². The number of anilines is 1. The number of nitrogens with two attached hydrogens (primary N) is 1. The van der Waals surface area contributed by atoms with Crippen molar-refractivity contribution in [2.24, 2.45) is 0 Å². The standard InChI is InChI=1S/C17H15N5OS/c1-8(2)16-19-15(18)13-14(21-22-17(13)20-16)12-6-10-5-9(7-23)3-4-11(10)24-12/h3-8H,1-2H3,(H3,18,19,20,21,22). The van der Waals surface area contributed by atoms with Crippen molar-refractivity contribution in [3.8, 4) is 10.6 Å². The minimum Gasteiger partial charge on any atom is -0.383 e. The van der Waals surface area contributed by atoms with Gasteiger partial charge in [0.1, 0.15) is 17.9 Å². The fraction of sp³-hybridized carbons (Fsp3) is 0.176. The third kappa shape index (κ3) is 2.25. The average molecular weight is 337 g/mol. The van der Waals surface area contributed by atoms with E-state index >= 15 is 0 Å². The van der Waals surface area contributed by atoms with Gasteiger partial charge >= 0.3 is 0 Å². The van der Waals surface area contributed by atoms with E-state index < -0.39 is 0 Å². The van der Waals surface area contributed by atoms with Crippen LogP contribution in [0.1, 0.15) is 35.9 Å². The van der Waals surface area contributed by atoms with Crippen LogP contribution in [0.15, 0.2) is 24.3 Å². The van der Waals surface area contributed by atoms with E-state index in [9.17, 15) is 4.79 Å². The van der Waals surface area contributed by atoms with Gasteiger partial charge < -0.3 is 5.73 Å². The molecule has 0 fully saturated rings. The maximum atomic E-state index is 10.9. The number of rotatable bonds is 3. The first-order valence-corrected chi connectivity index (χ1v) is 8.39. The number of fused-ring (bicyclic) bond motifs is 2. The number of nitrogen functional groups attached to an aromatic ring is 1. The lowest BCUT2D eigenvalue weighted by Gasteiger charge is -2.04. The Morgan fingerprint density at radius 3 is 2.83 bits per heavy atom. The Morgan fingerprint density at radius 2 is 2.08 bits per heavy atom. The molecule has 0 radical (unpaired) electrons. The number of hydrogen-bond acceptors (Lipinski definition) is 6. The van der Waals surface area contributed by atoms with Crippen LogP contribution in [-0.4, -0.2) is 26.5 Å². The van der Waals surface area contributed by atoms with Gasteiger partial charge in [0.05, 0.1) is 16.0 Å². The predicted octanol–water partition coefficient (Wildman–Crippen LogP) is 3.75. The minimum atomic E-state index is 0.183. The van der Waals surface area contributed by atoms with Gasteiger partial charge in [-0.1, -0.05) is 19.9 Å². The number of H-pyrrole nitrogens is 1. The lowest BCUT2D eigenvalue weighted by Crippen LogP contribution is -2.02. The molecule has 0 saturated heterocycles. The molecule has 7 heteroatoms. The number of aromatic nitrogens is 4. The van der Waals surface area contributed by atoms with Crippen molar-refractivity contribution in [1.82, 2.24) is 20.2 Å². The van der Waals surface area contributed by atoms with Gasteiger partial charge in [-0.25, -0.2) is 9.97 Å². The molecule has 0 saturated carbocycles. The number of carbonyl (C=O) groups is 1. The van der Waals surface area contributed by atoms with E-state index in [1.54, 1.807) is 11.3 Å². The molecule has 3 heterocycles. The van der Waals surface area contributed by atoms with Crippen molar-refractivity contribution in [3.05, 3.63) is 35.7 Å². The van der Waals surface area contributed by atoms with Crippen molar-refractivity contribution < 1.29 is 4.79 Å². The summed E-state index contributed by atoms with van der Waals surface area (Å²) in [6, 6.07) is 7.66. The molecular weight excluding hydrogens is 322 g/mol. The molecular formula is C17H15N5OS. The summed E-state index contributed by atoms with van der Waals surface area (Å²) in [4.78, 5) is 20.8. The van der Waals surface area contributed by atoms with Gasteiger partial charge in [0.15, 0.2) is 5.65 Å². The zero-order chi connectivity index (χ0) is 16.8. The van der Waals surface area contributed by atoms with Crippen molar-refractivity contribution >= 4 is 44.6 Å². The number of nitrogens with one attached hydrogen (secondary N) is 1. The molecule has 0 amide bonds. The number of carbonyl (C=O) groups excluding carboxylic acids is 1. The zero-order valence-electron chi connectivity index (χ0n) is 13.2. The van der Waals surface area contributed by atoms with E-state index in [1.807, 2.05) is 38.1 Å². The van der Waals surface area contributed by atoms with Crippen molar-refractivity contribution in [1.29, 1.82) is 0 Å². The Kier molecular flexibility index (Phi) is 3.31. The lowest BCUT2D eigenvalue weighted by atomic mass is 10.1. The first kappa shape index (κ1) is 14.8. The topological polar surface area (TPSA) is 97.5 Å². The highest BCUT2D eigenvalue weighted by Crippen LogP contribution is 2.37. The van der Waals surface area contributed by atoms with Gasteiger partial charge in [0.25, 0.3) is 0 Å². The summed E-state index contributed by atoms with van der Waals surface area (Å²) in [6.45, 7) is 4.04. The van der Waals surface area contributed by atoms with E-state index in [2.05, 4.69) is 20.2 Å². The molecule has 0 spiro atoms. The normalized spacial score (nSPS) is 11.6. The second-order valence-electron chi connectivity index (χ2n) is 5.94. The monoisotopic (exact) mass is 337 g/mol. The van der Waals surface area contributed by atoms with Crippen molar-refractivity contribution in [2.45, 2.75) is 19.8 Å². The Balaban J connectivity index is 1.91. The smallest absolute Gasteiger partial charge is 0.187 e. The molecule has 3 aromatic heterocycles. The van der Waals surface area contributed by atoms with Gasteiger partial charge in [-0.3, -0.25) is 9.89 Å². The van der Waals surface area contributed by atoms with E-state index in [0.717, 1.165) is 32.3 Å². The Morgan fingerprint density at radius 1 is 1.25 bits per heavy atom. The first-order chi connectivity index (χ1) is 11.6. The summed E-state index contributed by atoms with van der Waals surface area (Å²) in [7, 11) is 0. The second-order valence-corrected chi connectivity index (χ2v) is 7.03. The van der Waals surface area contributed by atoms with E-state index in [-0.39, 0.29) is 5.92 Å². The van der Waals surface area contributed by atoms with Crippen LogP contribution in [0.5, 0.6) is 0 Å². The van der Waals surface area contributed by atoms with Crippen LogP contribution in [-0.2, 0) is 0 Å². The molecule has 4 aromatic rings. The summed E-state index contributed by atoms with van der Waals surface area (Å²) >= 11 is 1.61. The van der Waals surface area contributed by atoms with Crippen LogP contribution in [0.2, 0.25) is 0 Å². The molecule has 24 heavy (non-hydrogen) atoms. The molecule has 6 nitrogen and oxygen atoms in total. The lowest BCUT2D eigenvalue weighted by molar-refractivity contribution is 0.112. The summed E-state index contributed by atoms with van der Waals surface area (Å²) < 4.78 is 1.09. The fourth-order valence-corrected chi connectivity index (χ4v) is 3.71. The third-order valence-corrected chi connectivity index (χ3v) is 5.03. The van der Waals surface area contributed by atoms with E-state index in [4.69, 9.17) is 5.73 Å². The molecule has 0 aliphatic rings. The number of benzene rings is 1. The Hall–Kier alpha value is -2.80. The van der Waals surface area contributed by atoms with Crippen molar-refractivity contribution in [3.63, 3.8) is 0 Å². The summed E-state index contributed by atoms with van der Waals surface area (Å²) in [5.74, 6) is 1.30. The quantitative estimate of drug-likeness (QED) is 0.555. The highest BCUT2D eigenvalue weighted by molar-refractivity contribution is 7.22. The molecule has 3 N–H and O–H groups in total. The number of hydrogen-bond donors (Lipinski definition) is 2. The summed E-state index contributed by atoms with van der Waals surface area (Å²) in [5, 5.41) is 9.08. The number of aldehydes is 1. The molecule has 1 aromatic carbocycles. The van der Waals surface area contributed by atoms with Crippen LogP contribution < -0.4 is 5.73 Å². The summed E-state index contributed by atoms with van der Waals surface area (Å²) in [6.07, 6.45) is 0.849. The molecule has 0 unspecified atom stereocenters. The molecule has 0 aliphatic heterocycles. The maximum absolute atomic E-state index is 10.9. The van der Waals surface area contributed by atoms with Gasteiger partial charge in [0, 0.05) is 16.2 Å².